The highest BCUT2D eigenvalue weighted by Gasteiger charge is 2.57. The first-order chi connectivity index (χ1) is 8.10. The molecule has 0 atom stereocenters. The Morgan fingerprint density at radius 2 is 2.00 bits per heavy atom. The summed E-state index contributed by atoms with van der Waals surface area (Å²) in [5.74, 6) is -1.03. The van der Waals surface area contributed by atoms with Crippen LogP contribution in [0.3, 0.4) is 0 Å². The van der Waals surface area contributed by atoms with Gasteiger partial charge in [0.15, 0.2) is 0 Å². The van der Waals surface area contributed by atoms with E-state index in [9.17, 15) is 9.59 Å². The molecule has 1 aliphatic carbocycles. The van der Waals surface area contributed by atoms with Gasteiger partial charge in [0, 0.05) is 0 Å². The minimum absolute atomic E-state index is 0.392. The highest BCUT2D eigenvalue weighted by Crippen LogP contribution is 2.47. The molecule has 0 saturated heterocycles. The van der Waals surface area contributed by atoms with E-state index < -0.39 is 17.3 Å². The molecule has 1 fully saturated rings. The van der Waals surface area contributed by atoms with Gasteiger partial charge in [-0.15, -0.1) is 0 Å². The highest BCUT2D eigenvalue weighted by molar-refractivity contribution is 6.11. The fourth-order valence-electron chi connectivity index (χ4n) is 1.65. The summed E-state index contributed by atoms with van der Waals surface area (Å²) in [7, 11) is 1.50. The zero-order chi connectivity index (χ0) is 12.5. The van der Waals surface area contributed by atoms with E-state index in [4.69, 9.17) is 9.84 Å². The van der Waals surface area contributed by atoms with Gasteiger partial charge in [0.2, 0.25) is 5.91 Å². The molecule has 0 unspecified atom stereocenters. The Kier molecular flexibility index (Phi) is 2.75. The van der Waals surface area contributed by atoms with E-state index >= 15 is 0 Å². The zero-order valence-corrected chi connectivity index (χ0v) is 9.40. The second-order valence-electron chi connectivity index (χ2n) is 4.04. The minimum atomic E-state index is -1.24. The molecule has 0 aliphatic heterocycles. The van der Waals surface area contributed by atoms with Gasteiger partial charge < -0.3 is 15.2 Å². The smallest absolute Gasteiger partial charge is 0.319 e. The van der Waals surface area contributed by atoms with Crippen molar-refractivity contribution in [1.29, 1.82) is 0 Å². The van der Waals surface area contributed by atoms with Crippen LogP contribution in [0.4, 0.5) is 5.69 Å². The molecule has 1 saturated carbocycles. The lowest BCUT2D eigenvalue weighted by molar-refractivity contribution is -0.147. The Bertz CT molecular complexity index is 465. The molecule has 5 heteroatoms. The molecular formula is C12H13NO4. The molecule has 2 N–H and O–H groups in total. The molecule has 0 bridgehead atoms. The highest BCUT2D eigenvalue weighted by atomic mass is 16.5. The van der Waals surface area contributed by atoms with Crippen LogP contribution in [0.15, 0.2) is 24.3 Å². The van der Waals surface area contributed by atoms with Crippen LogP contribution in [0, 0.1) is 5.41 Å². The number of benzene rings is 1. The normalized spacial score (nSPS) is 16.1. The fourth-order valence-corrected chi connectivity index (χ4v) is 1.65. The van der Waals surface area contributed by atoms with Crippen molar-refractivity contribution in [2.24, 2.45) is 5.41 Å². The summed E-state index contributed by atoms with van der Waals surface area (Å²) in [6.07, 6.45) is 0.784. The number of rotatable bonds is 4. The van der Waals surface area contributed by atoms with Gasteiger partial charge in [-0.25, -0.2) is 0 Å². The minimum Gasteiger partial charge on any atom is -0.495 e. The van der Waals surface area contributed by atoms with Crippen molar-refractivity contribution >= 4 is 17.6 Å². The van der Waals surface area contributed by atoms with Gasteiger partial charge in [0.1, 0.15) is 11.2 Å². The lowest BCUT2D eigenvalue weighted by atomic mass is 10.1. The van der Waals surface area contributed by atoms with Gasteiger partial charge >= 0.3 is 5.97 Å². The molecule has 1 aliphatic rings. The van der Waals surface area contributed by atoms with E-state index in [0.717, 1.165) is 0 Å². The molecule has 0 heterocycles. The van der Waals surface area contributed by atoms with Crippen LogP contribution >= 0.6 is 0 Å². The second kappa shape index (κ2) is 4.08. The van der Waals surface area contributed by atoms with Gasteiger partial charge in [-0.05, 0) is 25.0 Å². The Labute approximate surface area is 98.4 Å². The van der Waals surface area contributed by atoms with E-state index in [0.29, 0.717) is 24.3 Å². The van der Waals surface area contributed by atoms with Crippen molar-refractivity contribution in [3.63, 3.8) is 0 Å². The monoisotopic (exact) mass is 235 g/mol. The van der Waals surface area contributed by atoms with Crippen LogP contribution in [0.5, 0.6) is 5.75 Å². The number of carboxylic acids is 1. The van der Waals surface area contributed by atoms with Crippen LogP contribution in [-0.2, 0) is 9.59 Å². The van der Waals surface area contributed by atoms with Crippen molar-refractivity contribution in [2.75, 3.05) is 12.4 Å². The number of amides is 1. The summed E-state index contributed by atoms with van der Waals surface area (Å²) in [6.45, 7) is 0. The van der Waals surface area contributed by atoms with Crippen LogP contribution in [0.25, 0.3) is 0 Å². The van der Waals surface area contributed by atoms with E-state index in [1.54, 1.807) is 24.3 Å². The molecule has 0 aromatic heterocycles. The first kappa shape index (κ1) is 11.4. The largest absolute Gasteiger partial charge is 0.495 e. The topological polar surface area (TPSA) is 75.6 Å². The number of nitrogens with one attached hydrogen (secondary N) is 1. The van der Waals surface area contributed by atoms with Gasteiger partial charge in [-0.2, -0.15) is 0 Å². The third-order valence-electron chi connectivity index (χ3n) is 2.95. The Balaban J connectivity index is 2.16. The number of anilines is 1. The second-order valence-corrected chi connectivity index (χ2v) is 4.04. The number of hydrogen-bond acceptors (Lipinski definition) is 3. The summed E-state index contributed by atoms with van der Waals surface area (Å²) in [5, 5.41) is 11.6. The van der Waals surface area contributed by atoms with Crippen molar-refractivity contribution in [1.82, 2.24) is 0 Å². The number of carboxylic acid groups (broad SMARTS) is 1. The summed E-state index contributed by atoms with van der Waals surface area (Å²) in [5.41, 5.74) is -0.742. The van der Waals surface area contributed by atoms with Crippen LogP contribution < -0.4 is 10.1 Å². The van der Waals surface area contributed by atoms with Crippen LogP contribution in [0.2, 0.25) is 0 Å². The predicted octanol–water partition coefficient (Wildman–Crippen LogP) is 1.50. The Morgan fingerprint density at radius 3 is 2.53 bits per heavy atom. The molecule has 1 amide bonds. The number of ether oxygens (including phenoxy) is 1. The molecule has 1 aromatic carbocycles. The molecule has 2 rings (SSSR count). The number of aliphatic carboxylic acids is 1. The van der Waals surface area contributed by atoms with Crippen LogP contribution in [-0.4, -0.2) is 24.1 Å². The SMILES string of the molecule is COc1ccccc1NC(=O)C1(C(=O)O)CC1. The van der Waals surface area contributed by atoms with Crippen LogP contribution in [0.1, 0.15) is 12.8 Å². The molecule has 0 spiro atoms. The van der Waals surface area contributed by atoms with Crippen molar-refractivity contribution in [3.8, 4) is 5.75 Å². The molecule has 0 radical (unpaired) electrons. The number of carbonyl (C=O) groups is 2. The summed E-state index contributed by atoms with van der Waals surface area (Å²) >= 11 is 0. The quantitative estimate of drug-likeness (QED) is 0.775. The number of para-hydroxylation sites is 2. The third-order valence-corrected chi connectivity index (χ3v) is 2.95. The maximum absolute atomic E-state index is 11.9. The van der Waals surface area contributed by atoms with Gasteiger partial charge in [-0.1, -0.05) is 12.1 Å². The summed E-state index contributed by atoms with van der Waals surface area (Å²) in [4.78, 5) is 22.8. The molecule has 1 aromatic rings. The predicted molar refractivity (Wildman–Crippen MR) is 60.9 cm³/mol. The van der Waals surface area contributed by atoms with Gasteiger partial charge in [0.25, 0.3) is 0 Å². The number of methoxy groups -OCH3 is 1. The van der Waals surface area contributed by atoms with E-state index in [-0.39, 0.29) is 0 Å². The van der Waals surface area contributed by atoms with E-state index in [2.05, 4.69) is 5.32 Å². The zero-order valence-electron chi connectivity index (χ0n) is 9.40. The summed E-state index contributed by atoms with van der Waals surface area (Å²) < 4.78 is 5.08. The standard InChI is InChI=1S/C12H13NO4/c1-17-9-5-3-2-4-8(9)13-10(14)12(6-7-12)11(15)16/h2-5H,6-7H2,1H3,(H,13,14)(H,15,16). The lowest BCUT2D eigenvalue weighted by Gasteiger charge is -2.13. The molecular weight excluding hydrogens is 222 g/mol. The van der Waals surface area contributed by atoms with E-state index in [1.807, 2.05) is 0 Å². The third kappa shape index (κ3) is 1.95. The van der Waals surface area contributed by atoms with Crippen molar-refractivity contribution in [2.45, 2.75) is 12.8 Å². The fraction of sp³-hybridized carbons (Fsp3) is 0.333. The molecule has 17 heavy (non-hydrogen) atoms. The first-order valence-corrected chi connectivity index (χ1v) is 5.28. The maximum Gasteiger partial charge on any atom is 0.319 e. The molecule has 90 valence electrons. The number of hydrogen-bond donors (Lipinski definition) is 2. The van der Waals surface area contributed by atoms with Gasteiger partial charge in [-0.3, -0.25) is 9.59 Å². The van der Waals surface area contributed by atoms with E-state index in [1.165, 1.54) is 7.11 Å². The Morgan fingerprint density at radius 1 is 1.35 bits per heavy atom. The first-order valence-electron chi connectivity index (χ1n) is 5.28. The van der Waals surface area contributed by atoms with Gasteiger partial charge in [0.05, 0.1) is 12.8 Å². The maximum atomic E-state index is 11.9. The average molecular weight is 235 g/mol. The average Bonchev–Trinajstić information content (AvgIpc) is 3.10. The molecule has 5 nitrogen and oxygen atoms in total. The lowest BCUT2D eigenvalue weighted by Crippen LogP contribution is -2.31. The summed E-state index contributed by atoms with van der Waals surface area (Å²) in [6, 6.07) is 6.90. The van der Waals surface area contributed by atoms with Crippen molar-refractivity contribution < 1.29 is 19.4 Å². The Hall–Kier alpha value is -2.04. The number of carbonyl (C=O) groups excluding carboxylic acids is 1. The van der Waals surface area contributed by atoms with Crippen molar-refractivity contribution in [3.05, 3.63) is 24.3 Å².